The van der Waals surface area contributed by atoms with Crippen LogP contribution in [0.2, 0.25) is 0 Å². The van der Waals surface area contributed by atoms with Crippen LogP contribution in [-0.2, 0) is 16.5 Å². The Morgan fingerprint density at radius 1 is 1.00 bits per heavy atom. The Morgan fingerprint density at radius 3 is 2.20 bits per heavy atom. The second-order valence-corrected chi connectivity index (χ2v) is 6.87. The molecule has 0 amide bonds. The van der Waals surface area contributed by atoms with Crippen LogP contribution in [0.1, 0.15) is 62.1 Å². The standard InChI is InChI=1S/C16H26O3S/c1-4-5-6-7-8-9-10-15-14(3)13(2)11-12-16(15)20(17,18)19/h11-12H,4-10H2,1-3H3,(H,17,18,19). The molecule has 1 aromatic rings. The van der Waals surface area contributed by atoms with Crippen molar-refractivity contribution in [3.63, 3.8) is 0 Å². The summed E-state index contributed by atoms with van der Waals surface area (Å²) in [5.74, 6) is 0. The normalized spacial score (nSPS) is 11.8. The van der Waals surface area contributed by atoms with Gasteiger partial charge in [-0.2, -0.15) is 8.42 Å². The summed E-state index contributed by atoms with van der Waals surface area (Å²) in [7, 11) is -4.12. The maximum Gasteiger partial charge on any atom is 0.294 e. The van der Waals surface area contributed by atoms with Crippen LogP contribution in [0.25, 0.3) is 0 Å². The fraction of sp³-hybridized carbons (Fsp3) is 0.625. The summed E-state index contributed by atoms with van der Waals surface area (Å²) >= 11 is 0. The average Bonchev–Trinajstić information content (AvgIpc) is 2.37. The fourth-order valence-electron chi connectivity index (χ4n) is 2.48. The van der Waals surface area contributed by atoms with Crippen LogP contribution in [0.3, 0.4) is 0 Å². The quantitative estimate of drug-likeness (QED) is 0.569. The molecular formula is C16H26O3S. The minimum absolute atomic E-state index is 0.0779. The van der Waals surface area contributed by atoms with Gasteiger partial charge in [0.05, 0.1) is 4.90 Å². The predicted molar refractivity (Wildman–Crippen MR) is 82.8 cm³/mol. The molecule has 1 aromatic carbocycles. The summed E-state index contributed by atoms with van der Waals surface area (Å²) in [5.41, 5.74) is 2.83. The zero-order chi connectivity index (χ0) is 15.2. The summed E-state index contributed by atoms with van der Waals surface area (Å²) in [4.78, 5) is 0.0779. The van der Waals surface area contributed by atoms with Gasteiger partial charge in [-0.3, -0.25) is 4.55 Å². The van der Waals surface area contributed by atoms with Crippen LogP contribution < -0.4 is 0 Å². The molecule has 0 radical (unpaired) electrons. The van der Waals surface area contributed by atoms with Crippen molar-refractivity contribution in [3.8, 4) is 0 Å². The van der Waals surface area contributed by atoms with E-state index in [4.69, 9.17) is 0 Å². The van der Waals surface area contributed by atoms with Gasteiger partial charge < -0.3 is 0 Å². The Hall–Kier alpha value is -0.870. The summed E-state index contributed by atoms with van der Waals surface area (Å²) in [6.07, 6.45) is 7.72. The van der Waals surface area contributed by atoms with E-state index in [2.05, 4.69) is 6.92 Å². The molecule has 0 aliphatic carbocycles. The maximum atomic E-state index is 11.4. The van der Waals surface area contributed by atoms with E-state index in [0.717, 1.165) is 36.0 Å². The molecule has 0 heterocycles. The predicted octanol–water partition coefficient (Wildman–Crippen LogP) is 4.45. The molecule has 0 fully saturated rings. The van der Waals surface area contributed by atoms with E-state index in [1.54, 1.807) is 6.07 Å². The zero-order valence-electron chi connectivity index (χ0n) is 12.8. The van der Waals surface area contributed by atoms with Gasteiger partial charge in [0, 0.05) is 0 Å². The lowest BCUT2D eigenvalue weighted by Gasteiger charge is -2.13. The van der Waals surface area contributed by atoms with Crippen molar-refractivity contribution in [2.24, 2.45) is 0 Å². The van der Waals surface area contributed by atoms with E-state index in [1.165, 1.54) is 31.7 Å². The van der Waals surface area contributed by atoms with Crippen LogP contribution in [0.5, 0.6) is 0 Å². The molecule has 3 nitrogen and oxygen atoms in total. The van der Waals surface area contributed by atoms with Gasteiger partial charge in [0.2, 0.25) is 0 Å². The number of benzene rings is 1. The zero-order valence-corrected chi connectivity index (χ0v) is 13.6. The number of rotatable bonds is 8. The van der Waals surface area contributed by atoms with E-state index in [9.17, 15) is 13.0 Å². The molecule has 0 saturated heterocycles. The van der Waals surface area contributed by atoms with E-state index in [-0.39, 0.29) is 4.90 Å². The largest absolute Gasteiger partial charge is 0.294 e. The average molecular weight is 298 g/mol. The molecule has 0 aliphatic rings. The minimum Gasteiger partial charge on any atom is -0.282 e. The second kappa shape index (κ2) is 7.79. The smallest absolute Gasteiger partial charge is 0.282 e. The highest BCUT2D eigenvalue weighted by molar-refractivity contribution is 7.85. The Kier molecular flexibility index (Phi) is 6.69. The monoisotopic (exact) mass is 298 g/mol. The highest BCUT2D eigenvalue weighted by Gasteiger charge is 2.17. The molecule has 0 atom stereocenters. The molecule has 0 bridgehead atoms. The Morgan fingerprint density at radius 2 is 1.60 bits per heavy atom. The van der Waals surface area contributed by atoms with E-state index in [1.807, 2.05) is 13.8 Å². The number of unbranched alkanes of at least 4 members (excludes halogenated alkanes) is 5. The highest BCUT2D eigenvalue weighted by atomic mass is 32.2. The first kappa shape index (κ1) is 17.2. The summed E-state index contributed by atoms with van der Waals surface area (Å²) < 4.78 is 32.2. The molecule has 0 aliphatic heterocycles. The fourth-order valence-corrected chi connectivity index (χ4v) is 3.29. The third-order valence-corrected chi connectivity index (χ3v) is 4.82. The van der Waals surface area contributed by atoms with Crippen LogP contribution >= 0.6 is 0 Å². The SMILES string of the molecule is CCCCCCCCc1c(S(=O)(=O)O)ccc(C)c1C. The van der Waals surface area contributed by atoms with Gasteiger partial charge >= 0.3 is 0 Å². The van der Waals surface area contributed by atoms with Crippen LogP contribution in [0.15, 0.2) is 17.0 Å². The third-order valence-electron chi connectivity index (χ3n) is 3.88. The van der Waals surface area contributed by atoms with Crippen molar-refractivity contribution in [2.75, 3.05) is 0 Å². The Labute approximate surface area is 123 Å². The molecular weight excluding hydrogens is 272 g/mol. The van der Waals surface area contributed by atoms with Crippen LogP contribution in [0, 0.1) is 13.8 Å². The first-order chi connectivity index (χ1) is 9.38. The van der Waals surface area contributed by atoms with Crippen molar-refractivity contribution in [2.45, 2.75) is 70.6 Å². The molecule has 0 aromatic heterocycles. The number of aryl methyl sites for hydroxylation is 1. The van der Waals surface area contributed by atoms with Crippen molar-refractivity contribution >= 4 is 10.1 Å². The van der Waals surface area contributed by atoms with Gasteiger partial charge in [0.1, 0.15) is 0 Å². The second-order valence-electron chi connectivity index (χ2n) is 5.48. The van der Waals surface area contributed by atoms with Crippen molar-refractivity contribution in [1.29, 1.82) is 0 Å². The van der Waals surface area contributed by atoms with E-state index < -0.39 is 10.1 Å². The van der Waals surface area contributed by atoms with Gasteiger partial charge in [-0.05, 0) is 49.4 Å². The lowest BCUT2D eigenvalue weighted by atomic mass is 9.98. The summed E-state index contributed by atoms with van der Waals surface area (Å²) in [6, 6.07) is 3.27. The van der Waals surface area contributed by atoms with Crippen molar-refractivity contribution in [3.05, 3.63) is 28.8 Å². The summed E-state index contributed by atoms with van der Waals surface area (Å²) in [6.45, 7) is 6.08. The van der Waals surface area contributed by atoms with E-state index >= 15 is 0 Å². The van der Waals surface area contributed by atoms with E-state index in [0.29, 0.717) is 0 Å². The topological polar surface area (TPSA) is 54.4 Å². The molecule has 1 N–H and O–H groups in total. The van der Waals surface area contributed by atoms with Gasteiger partial charge in [0.25, 0.3) is 10.1 Å². The first-order valence-corrected chi connectivity index (χ1v) is 8.88. The molecule has 1 rings (SSSR count). The van der Waals surface area contributed by atoms with Crippen LogP contribution in [-0.4, -0.2) is 13.0 Å². The highest BCUT2D eigenvalue weighted by Crippen LogP contribution is 2.24. The molecule has 20 heavy (non-hydrogen) atoms. The lowest BCUT2D eigenvalue weighted by Crippen LogP contribution is -2.06. The number of hydrogen-bond acceptors (Lipinski definition) is 2. The van der Waals surface area contributed by atoms with Crippen molar-refractivity contribution < 1.29 is 13.0 Å². The summed E-state index contributed by atoms with van der Waals surface area (Å²) in [5, 5.41) is 0. The molecule has 0 unspecified atom stereocenters. The Balaban J connectivity index is 2.75. The van der Waals surface area contributed by atoms with Gasteiger partial charge in [0.15, 0.2) is 0 Å². The lowest BCUT2D eigenvalue weighted by molar-refractivity contribution is 0.481. The minimum atomic E-state index is -4.12. The number of hydrogen-bond donors (Lipinski definition) is 1. The Bertz CT molecular complexity index is 533. The van der Waals surface area contributed by atoms with Gasteiger partial charge in [-0.1, -0.05) is 45.1 Å². The molecule has 114 valence electrons. The first-order valence-electron chi connectivity index (χ1n) is 7.44. The molecule has 0 saturated carbocycles. The van der Waals surface area contributed by atoms with Gasteiger partial charge in [-0.25, -0.2) is 0 Å². The van der Waals surface area contributed by atoms with Crippen LogP contribution in [0.4, 0.5) is 0 Å². The van der Waals surface area contributed by atoms with Crippen molar-refractivity contribution in [1.82, 2.24) is 0 Å². The third kappa shape index (κ3) is 4.91. The van der Waals surface area contributed by atoms with Gasteiger partial charge in [-0.15, -0.1) is 0 Å². The molecule has 4 heteroatoms. The molecule has 0 spiro atoms. The maximum absolute atomic E-state index is 11.4.